The van der Waals surface area contributed by atoms with Gasteiger partial charge in [0.2, 0.25) is 5.91 Å². The van der Waals surface area contributed by atoms with Gasteiger partial charge in [-0.25, -0.2) is 4.79 Å². The quantitative estimate of drug-likeness (QED) is 0.627. The van der Waals surface area contributed by atoms with E-state index < -0.39 is 29.6 Å². The zero-order valence-corrected chi connectivity index (χ0v) is 20.3. The number of carbonyl (C=O) groups is 3. The van der Waals surface area contributed by atoms with Gasteiger partial charge in [-0.2, -0.15) is 0 Å². The Kier molecular flexibility index (Phi) is 7.12. The summed E-state index contributed by atoms with van der Waals surface area (Å²) in [4.78, 5) is 38.7. The van der Waals surface area contributed by atoms with Crippen molar-refractivity contribution < 1.29 is 29.0 Å². The van der Waals surface area contributed by atoms with Crippen molar-refractivity contribution in [2.45, 2.75) is 44.7 Å². The summed E-state index contributed by atoms with van der Waals surface area (Å²) in [5.41, 5.74) is 3.98. The summed E-state index contributed by atoms with van der Waals surface area (Å²) >= 11 is 0. The minimum absolute atomic E-state index is 0.0576. The van der Waals surface area contributed by atoms with Gasteiger partial charge in [-0.3, -0.25) is 9.59 Å². The molecule has 35 heavy (non-hydrogen) atoms. The number of carboxylic acids is 1. The third-order valence-electron chi connectivity index (χ3n) is 6.67. The number of nitrogens with one attached hydrogen (secondary N) is 1. The van der Waals surface area contributed by atoms with E-state index in [2.05, 4.69) is 29.6 Å². The minimum Gasteiger partial charge on any atom is -0.481 e. The van der Waals surface area contributed by atoms with Crippen molar-refractivity contribution in [3.63, 3.8) is 0 Å². The van der Waals surface area contributed by atoms with Crippen molar-refractivity contribution in [3.05, 3.63) is 59.7 Å². The first-order chi connectivity index (χ1) is 16.7. The van der Waals surface area contributed by atoms with Gasteiger partial charge in [-0.05, 0) is 43.0 Å². The summed E-state index contributed by atoms with van der Waals surface area (Å²) in [6.45, 7) is 6.19. The van der Waals surface area contributed by atoms with Crippen LogP contribution >= 0.6 is 0 Å². The molecule has 2 aromatic carbocycles. The maximum Gasteiger partial charge on any atom is 0.407 e. The van der Waals surface area contributed by atoms with Gasteiger partial charge in [0, 0.05) is 18.0 Å². The third-order valence-corrected chi connectivity index (χ3v) is 6.67. The lowest BCUT2D eigenvalue weighted by molar-refractivity contribution is -0.143. The van der Waals surface area contributed by atoms with Crippen molar-refractivity contribution in [2.75, 3.05) is 26.4 Å². The Labute approximate surface area is 205 Å². The Balaban J connectivity index is 1.40. The topological polar surface area (TPSA) is 105 Å². The highest BCUT2D eigenvalue weighted by atomic mass is 16.5. The summed E-state index contributed by atoms with van der Waals surface area (Å²) in [5.74, 6) is -1.87. The predicted octanol–water partition coefficient (Wildman–Crippen LogP) is 3.64. The summed E-state index contributed by atoms with van der Waals surface area (Å²) in [6, 6.07) is 15.7. The fraction of sp³-hybridized carbons (Fsp3) is 0.444. The van der Waals surface area contributed by atoms with Gasteiger partial charge in [-0.15, -0.1) is 0 Å². The first-order valence-electron chi connectivity index (χ1n) is 11.9. The number of alkyl carbamates (subject to hydrolysis) is 1. The van der Waals surface area contributed by atoms with E-state index in [1.165, 1.54) is 0 Å². The summed E-state index contributed by atoms with van der Waals surface area (Å²) in [6.07, 6.45) is -0.755. The molecule has 2 N–H and O–H groups in total. The highest BCUT2D eigenvalue weighted by Gasteiger charge is 2.41. The molecule has 1 aliphatic heterocycles. The molecular weight excluding hydrogens is 448 g/mol. The van der Waals surface area contributed by atoms with Gasteiger partial charge in [0.15, 0.2) is 0 Å². The molecule has 4 rings (SSSR count). The fourth-order valence-electron chi connectivity index (χ4n) is 4.92. The number of amides is 2. The Hall–Kier alpha value is -3.39. The van der Waals surface area contributed by atoms with Crippen LogP contribution in [0.3, 0.4) is 0 Å². The Morgan fingerprint density at radius 2 is 1.63 bits per heavy atom. The number of carboxylic acid groups (broad SMARTS) is 1. The molecule has 186 valence electrons. The fourth-order valence-corrected chi connectivity index (χ4v) is 4.92. The zero-order chi connectivity index (χ0) is 25.2. The van der Waals surface area contributed by atoms with E-state index in [0.717, 1.165) is 22.3 Å². The normalized spacial score (nSPS) is 19.1. The average molecular weight is 481 g/mol. The Bertz CT molecular complexity index is 1060. The number of fused-ring (bicyclic) bond motifs is 3. The molecule has 0 radical (unpaired) electrons. The summed E-state index contributed by atoms with van der Waals surface area (Å²) in [5, 5.41) is 11.9. The molecule has 0 spiro atoms. The van der Waals surface area contributed by atoms with Gasteiger partial charge in [0.1, 0.15) is 6.61 Å². The highest BCUT2D eigenvalue weighted by molar-refractivity contribution is 5.82. The minimum atomic E-state index is -0.969. The third kappa shape index (κ3) is 5.32. The molecule has 0 saturated carbocycles. The van der Waals surface area contributed by atoms with Crippen LogP contribution in [-0.4, -0.2) is 65.9 Å². The number of carbonyl (C=O) groups excluding carboxylic acids is 2. The lowest BCUT2D eigenvalue weighted by Gasteiger charge is -2.38. The monoisotopic (exact) mass is 480 g/mol. The molecule has 1 aliphatic carbocycles. The second kappa shape index (κ2) is 10.1. The largest absolute Gasteiger partial charge is 0.481 e. The molecule has 8 nitrogen and oxygen atoms in total. The van der Waals surface area contributed by atoms with E-state index >= 15 is 0 Å². The van der Waals surface area contributed by atoms with Crippen molar-refractivity contribution in [2.24, 2.45) is 5.92 Å². The lowest BCUT2D eigenvalue weighted by Crippen LogP contribution is -2.53. The number of hydrogen-bond acceptors (Lipinski definition) is 5. The molecule has 8 heteroatoms. The molecule has 1 fully saturated rings. The van der Waals surface area contributed by atoms with Gasteiger partial charge < -0.3 is 24.8 Å². The second-order valence-corrected chi connectivity index (χ2v) is 10.0. The van der Waals surface area contributed by atoms with E-state index in [1.54, 1.807) is 4.90 Å². The summed E-state index contributed by atoms with van der Waals surface area (Å²) in [7, 11) is 0. The standard InChI is InChI=1S/C27H32N2O6/c1-27(2,3)29(13-12-24(30)31)25(32)22-14-34-16-23(22)28-26(33)35-15-21-19-10-6-4-8-17(19)18-9-5-7-11-20(18)21/h4-11,21-23H,12-16H2,1-3H3,(H,28,33)(H,30,31). The van der Waals surface area contributed by atoms with E-state index in [4.69, 9.17) is 14.6 Å². The van der Waals surface area contributed by atoms with Crippen molar-refractivity contribution >= 4 is 18.0 Å². The SMILES string of the molecule is CC(C)(C)N(CCC(=O)O)C(=O)C1COCC1NC(=O)OCC1c2ccccc2-c2ccccc21. The van der Waals surface area contributed by atoms with Crippen LogP contribution in [0.2, 0.25) is 0 Å². The van der Waals surface area contributed by atoms with Crippen LogP contribution in [-0.2, 0) is 19.1 Å². The average Bonchev–Trinajstić information content (AvgIpc) is 3.39. The molecule has 2 atom stereocenters. The van der Waals surface area contributed by atoms with Crippen LogP contribution in [0.5, 0.6) is 0 Å². The van der Waals surface area contributed by atoms with E-state index in [1.807, 2.05) is 45.0 Å². The van der Waals surface area contributed by atoms with Crippen molar-refractivity contribution in [1.29, 1.82) is 0 Å². The first-order valence-corrected chi connectivity index (χ1v) is 11.9. The van der Waals surface area contributed by atoms with Crippen LogP contribution in [0, 0.1) is 5.92 Å². The van der Waals surface area contributed by atoms with Crippen LogP contribution in [0.1, 0.15) is 44.2 Å². The second-order valence-electron chi connectivity index (χ2n) is 10.0. The van der Waals surface area contributed by atoms with Gasteiger partial charge in [0.05, 0.1) is 31.6 Å². The van der Waals surface area contributed by atoms with Crippen molar-refractivity contribution in [1.82, 2.24) is 10.2 Å². The van der Waals surface area contributed by atoms with Crippen molar-refractivity contribution in [3.8, 4) is 11.1 Å². The van der Waals surface area contributed by atoms with Crippen LogP contribution in [0.15, 0.2) is 48.5 Å². The van der Waals surface area contributed by atoms with Gasteiger partial charge in [0.25, 0.3) is 0 Å². The van der Waals surface area contributed by atoms with Crippen LogP contribution < -0.4 is 5.32 Å². The Morgan fingerprint density at radius 1 is 1.03 bits per heavy atom. The van der Waals surface area contributed by atoms with Gasteiger partial charge >= 0.3 is 12.1 Å². The molecule has 2 aliphatic rings. The maximum absolute atomic E-state index is 13.3. The zero-order valence-electron chi connectivity index (χ0n) is 20.3. The molecule has 1 saturated heterocycles. The number of aliphatic carboxylic acids is 1. The molecule has 2 unspecified atom stereocenters. The molecule has 2 amide bonds. The molecule has 2 aromatic rings. The van der Waals surface area contributed by atoms with E-state index in [9.17, 15) is 14.4 Å². The van der Waals surface area contributed by atoms with Gasteiger partial charge in [-0.1, -0.05) is 48.5 Å². The van der Waals surface area contributed by atoms with E-state index in [0.29, 0.717) is 0 Å². The number of hydrogen-bond donors (Lipinski definition) is 2. The number of ether oxygens (including phenoxy) is 2. The molecular formula is C27H32N2O6. The highest BCUT2D eigenvalue weighted by Crippen LogP contribution is 2.44. The van der Waals surface area contributed by atoms with E-state index in [-0.39, 0.29) is 44.6 Å². The lowest BCUT2D eigenvalue weighted by atomic mass is 9.97. The number of benzene rings is 2. The molecule has 0 aromatic heterocycles. The molecule has 0 bridgehead atoms. The number of rotatable bonds is 7. The predicted molar refractivity (Wildman–Crippen MR) is 130 cm³/mol. The maximum atomic E-state index is 13.3. The number of nitrogens with zero attached hydrogens (tertiary/aromatic N) is 1. The summed E-state index contributed by atoms with van der Waals surface area (Å²) < 4.78 is 11.1. The Morgan fingerprint density at radius 3 is 2.20 bits per heavy atom. The molecule has 1 heterocycles. The van der Waals surface area contributed by atoms with Crippen LogP contribution in [0.4, 0.5) is 4.79 Å². The van der Waals surface area contributed by atoms with Crippen LogP contribution in [0.25, 0.3) is 11.1 Å². The smallest absolute Gasteiger partial charge is 0.407 e. The first kappa shape index (κ1) is 24.7.